The number of hydrogen-bond acceptors (Lipinski definition) is 3. The Balaban J connectivity index is 1.83. The van der Waals surface area contributed by atoms with Crippen molar-refractivity contribution in [3.8, 4) is 0 Å². The lowest BCUT2D eigenvalue weighted by Gasteiger charge is -2.35. The lowest BCUT2D eigenvalue weighted by atomic mass is 10.1. The molecule has 2 aliphatic heterocycles. The minimum atomic E-state index is 0.0717. The Morgan fingerprint density at radius 2 is 2.11 bits per heavy atom. The van der Waals surface area contributed by atoms with E-state index in [1.165, 1.54) is 17.7 Å². The lowest BCUT2D eigenvalue weighted by molar-refractivity contribution is -0.130. The van der Waals surface area contributed by atoms with Gasteiger partial charge < -0.3 is 4.90 Å². The fraction of sp³-hybridized carbons (Fsp3) is 0.500. The van der Waals surface area contributed by atoms with Crippen LogP contribution in [0.1, 0.15) is 24.6 Å². The first-order valence-corrected chi connectivity index (χ1v) is 7.69. The largest absolute Gasteiger partial charge is 0.318 e. The Morgan fingerprint density at radius 1 is 1.28 bits per heavy atom. The molecule has 2 heterocycles. The third-order valence-corrected chi connectivity index (χ3v) is 4.86. The van der Waals surface area contributed by atoms with Crippen LogP contribution in [0, 0.1) is 0 Å². The van der Waals surface area contributed by atoms with Gasteiger partial charge in [0.2, 0.25) is 5.91 Å². The van der Waals surface area contributed by atoms with Gasteiger partial charge in [-0.15, -0.1) is 0 Å². The minimum Gasteiger partial charge on any atom is -0.318 e. The van der Waals surface area contributed by atoms with Gasteiger partial charge in [0.15, 0.2) is 0 Å². The highest BCUT2D eigenvalue weighted by atomic mass is 32.2. The Labute approximate surface area is 112 Å². The van der Waals surface area contributed by atoms with E-state index in [4.69, 9.17) is 0 Å². The fourth-order valence-corrected chi connectivity index (χ4v) is 3.93. The van der Waals surface area contributed by atoms with Gasteiger partial charge in [-0.25, -0.2) is 0 Å². The second-order valence-electron chi connectivity index (χ2n) is 4.87. The minimum absolute atomic E-state index is 0.0717. The summed E-state index contributed by atoms with van der Waals surface area (Å²) in [4.78, 5) is 14.2. The second-order valence-corrected chi connectivity index (χ2v) is 6.02. The van der Waals surface area contributed by atoms with E-state index in [1.54, 1.807) is 0 Å². The quantitative estimate of drug-likeness (QED) is 0.885. The molecule has 0 aliphatic carbocycles. The van der Waals surface area contributed by atoms with Crippen molar-refractivity contribution in [3.05, 3.63) is 35.9 Å². The second kappa shape index (κ2) is 5.33. The van der Waals surface area contributed by atoms with E-state index in [1.807, 2.05) is 30.0 Å². The molecule has 2 atom stereocenters. The molecule has 2 saturated heterocycles. The molecule has 3 rings (SSSR count). The molecular formula is C14H18N2OS. The smallest absolute Gasteiger partial charge is 0.238 e. The number of nitrogens with one attached hydrogen (secondary N) is 1. The Hall–Kier alpha value is -1.000. The predicted molar refractivity (Wildman–Crippen MR) is 74.4 cm³/mol. The van der Waals surface area contributed by atoms with Crippen LogP contribution in [0.4, 0.5) is 0 Å². The van der Waals surface area contributed by atoms with Gasteiger partial charge in [-0.1, -0.05) is 30.3 Å². The molecule has 0 radical (unpaired) electrons. The number of rotatable bonds is 2. The lowest BCUT2D eigenvalue weighted by Crippen LogP contribution is -2.42. The molecule has 1 aromatic rings. The van der Waals surface area contributed by atoms with Gasteiger partial charge in [0.25, 0.3) is 0 Å². The molecule has 1 N–H and O–H groups in total. The summed E-state index contributed by atoms with van der Waals surface area (Å²) >= 11 is 1.97. The van der Waals surface area contributed by atoms with Crippen LogP contribution in [-0.4, -0.2) is 34.9 Å². The van der Waals surface area contributed by atoms with E-state index in [0.29, 0.717) is 12.6 Å². The van der Waals surface area contributed by atoms with Crippen LogP contribution < -0.4 is 5.32 Å². The number of carbonyl (C=O) groups is 1. The average molecular weight is 262 g/mol. The molecule has 96 valence electrons. The summed E-state index contributed by atoms with van der Waals surface area (Å²) in [5, 5.41) is 3.34. The van der Waals surface area contributed by atoms with Crippen molar-refractivity contribution in [1.29, 1.82) is 0 Å². The maximum absolute atomic E-state index is 12.1. The summed E-state index contributed by atoms with van der Waals surface area (Å²) < 4.78 is 0. The summed E-state index contributed by atoms with van der Waals surface area (Å²) in [6, 6.07) is 10.7. The molecular weight excluding hydrogens is 244 g/mol. The van der Waals surface area contributed by atoms with E-state index < -0.39 is 0 Å². The van der Waals surface area contributed by atoms with E-state index in [-0.39, 0.29) is 12.1 Å². The van der Waals surface area contributed by atoms with E-state index >= 15 is 0 Å². The number of benzene rings is 1. The van der Waals surface area contributed by atoms with E-state index in [9.17, 15) is 4.79 Å². The van der Waals surface area contributed by atoms with Gasteiger partial charge in [0.1, 0.15) is 6.17 Å². The molecule has 0 aromatic heterocycles. The van der Waals surface area contributed by atoms with Crippen molar-refractivity contribution in [2.45, 2.75) is 25.0 Å². The zero-order chi connectivity index (χ0) is 12.4. The van der Waals surface area contributed by atoms with Crippen molar-refractivity contribution >= 4 is 17.7 Å². The summed E-state index contributed by atoms with van der Waals surface area (Å²) in [6.07, 6.45) is 2.44. The highest BCUT2D eigenvalue weighted by Crippen LogP contribution is 2.30. The Kier molecular flexibility index (Phi) is 3.57. The van der Waals surface area contributed by atoms with Gasteiger partial charge in [-0.2, -0.15) is 11.8 Å². The SMILES string of the molecule is O=C1CNC(c2ccccc2)N1C1CCCSC1. The number of hydrogen-bond donors (Lipinski definition) is 1. The molecule has 18 heavy (non-hydrogen) atoms. The summed E-state index contributed by atoms with van der Waals surface area (Å²) in [6.45, 7) is 0.473. The molecule has 4 heteroatoms. The Morgan fingerprint density at radius 3 is 2.83 bits per heavy atom. The molecule has 0 saturated carbocycles. The predicted octanol–water partition coefficient (Wildman–Crippen LogP) is 2.01. The molecule has 1 aromatic carbocycles. The zero-order valence-corrected chi connectivity index (χ0v) is 11.2. The van der Waals surface area contributed by atoms with Gasteiger partial charge in [0.05, 0.1) is 6.54 Å². The highest BCUT2D eigenvalue weighted by molar-refractivity contribution is 7.99. The number of amides is 1. The number of nitrogens with zero attached hydrogens (tertiary/aromatic N) is 1. The molecule has 2 aliphatic rings. The van der Waals surface area contributed by atoms with Gasteiger partial charge in [-0.3, -0.25) is 10.1 Å². The molecule has 3 nitrogen and oxygen atoms in total. The zero-order valence-electron chi connectivity index (χ0n) is 10.3. The van der Waals surface area contributed by atoms with Gasteiger partial charge in [-0.05, 0) is 24.2 Å². The third-order valence-electron chi connectivity index (χ3n) is 3.66. The van der Waals surface area contributed by atoms with Crippen molar-refractivity contribution < 1.29 is 4.79 Å². The first-order chi connectivity index (χ1) is 8.86. The maximum atomic E-state index is 12.1. The van der Waals surface area contributed by atoms with Gasteiger partial charge in [0, 0.05) is 11.8 Å². The molecule has 1 amide bonds. The van der Waals surface area contributed by atoms with Crippen molar-refractivity contribution in [2.75, 3.05) is 18.1 Å². The summed E-state index contributed by atoms with van der Waals surface area (Å²) in [5.74, 6) is 2.56. The fourth-order valence-electron chi connectivity index (χ4n) is 2.79. The normalized spacial score (nSPS) is 28.7. The van der Waals surface area contributed by atoms with Crippen LogP contribution in [0.2, 0.25) is 0 Å². The number of carbonyl (C=O) groups excluding carboxylic acids is 1. The molecule has 0 bridgehead atoms. The van der Waals surface area contributed by atoms with Gasteiger partial charge >= 0.3 is 0 Å². The number of thioether (sulfide) groups is 1. The standard InChI is InChI=1S/C14H18N2OS/c17-13-9-15-14(11-5-2-1-3-6-11)16(13)12-7-4-8-18-10-12/h1-3,5-6,12,14-15H,4,7-10H2. The first kappa shape index (κ1) is 12.1. The van der Waals surface area contributed by atoms with Crippen LogP contribution in [0.5, 0.6) is 0 Å². The maximum Gasteiger partial charge on any atom is 0.238 e. The van der Waals surface area contributed by atoms with Crippen molar-refractivity contribution in [1.82, 2.24) is 10.2 Å². The van der Waals surface area contributed by atoms with E-state index in [2.05, 4.69) is 22.3 Å². The Bertz CT molecular complexity index is 417. The monoisotopic (exact) mass is 262 g/mol. The molecule has 0 spiro atoms. The third kappa shape index (κ3) is 2.27. The van der Waals surface area contributed by atoms with Crippen molar-refractivity contribution in [2.24, 2.45) is 0 Å². The van der Waals surface area contributed by atoms with Crippen LogP contribution in [-0.2, 0) is 4.79 Å². The van der Waals surface area contributed by atoms with Crippen LogP contribution in [0.15, 0.2) is 30.3 Å². The average Bonchev–Trinajstić information content (AvgIpc) is 2.83. The summed E-state index contributed by atoms with van der Waals surface area (Å²) in [5.41, 5.74) is 1.19. The van der Waals surface area contributed by atoms with Crippen LogP contribution >= 0.6 is 11.8 Å². The van der Waals surface area contributed by atoms with Crippen LogP contribution in [0.3, 0.4) is 0 Å². The highest BCUT2D eigenvalue weighted by Gasteiger charge is 2.37. The van der Waals surface area contributed by atoms with E-state index in [0.717, 1.165) is 12.2 Å². The molecule has 2 unspecified atom stereocenters. The summed E-state index contributed by atoms with van der Waals surface area (Å²) in [7, 11) is 0. The topological polar surface area (TPSA) is 32.3 Å². The van der Waals surface area contributed by atoms with Crippen molar-refractivity contribution in [3.63, 3.8) is 0 Å². The molecule has 2 fully saturated rings. The first-order valence-electron chi connectivity index (χ1n) is 6.53. The van der Waals surface area contributed by atoms with Crippen LogP contribution in [0.25, 0.3) is 0 Å².